The molecule has 0 aliphatic heterocycles. The minimum absolute atomic E-state index is 0.0793. The summed E-state index contributed by atoms with van der Waals surface area (Å²) in [6.07, 6.45) is 9.59. The van der Waals surface area contributed by atoms with Crippen LogP contribution < -0.4 is 0 Å². The van der Waals surface area contributed by atoms with Crippen molar-refractivity contribution in [3.63, 3.8) is 0 Å². The van der Waals surface area contributed by atoms with Crippen molar-refractivity contribution < 1.29 is 19.1 Å². The zero-order valence-corrected chi connectivity index (χ0v) is 15.2. The molecule has 2 aromatic heterocycles. The molecule has 2 heterocycles. The topological polar surface area (TPSA) is 83.6 Å². The molecule has 2 aromatic rings. The maximum absolute atomic E-state index is 12.8. The number of aliphatic carboxylic acids is 1. The van der Waals surface area contributed by atoms with Crippen molar-refractivity contribution in [2.45, 2.75) is 19.9 Å². The second kappa shape index (κ2) is 9.91. The SMILES string of the molecule is C=C/C=C(\C/C=C\C)c1ccc(C(=O)N(CC(=O)O)Cc2ccccn2)o1. The van der Waals surface area contributed by atoms with Gasteiger partial charge in [-0.25, -0.2) is 0 Å². The van der Waals surface area contributed by atoms with E-state index in [0.29, 0.717) is 17.9 Å². The lowest BCUT2D eigenvalue weighted by Gasteiger charge is -2.19. The second-order valence-electron chi connectivity index (χ2n) is 5.74. The van der Waals surface area contributed by atoms with E-state index in [0.717, 1.165) is 5.57 Å². The molecule has 0 aliphatic rings. The van der Waals surface area contributed by atoms with Gasteiger partial charge in [0.25, 0.3) is 5.91 Å². The van der Waals surface area contributed by atoms with Gasteiger partial charge in [0.2, 0.25) is 0 Å². The second-order valence-corrected chi connectivity index (χ2v) is 5.74. The maximum atomic E-state index is 12.8. The van der Waals surface area contributed by atoms with E-state index >= 15 is 0 Å². The Bertz CT molecular complexity index is 850. The fourth-order valence-corrected chi connectivity index (χ4v) is 2.47. The van der Waals surface area contributed by atoms with Crippen LogP contribution in [0.1, 0.15) is 35.4 Å². The summed E-state index contributed by atoms with van der Waals surface area (Å²) in [6.45, 7) is 5.25. The molecule has 0 unspecified atom stereocenters. The highest BCUT2D eigenvalue weighted by Gasteiger charge is 2.22. The van der Waals surface area contributed by atoms with Crippen LogP contribution in [-0.2, 0) is 11.3 Å². The molecular weight excluding hydrogens is 344 g/mol. The van der Waals surface area contributed by atoms with Crippen molar-refractivity contribution in [3.8, 4) is 0 Å². The molecule has 2 rings (SSSR count). The van der Waals surface area contributed by atoms with E-state index in [1.54, 1.807) is 42.6 Å². The normalized spacial score (nSPS) is 11.5. The fourth-order valence-electron chi connectivity index (χ4n) is 2.47. The quantitative estimate of drug-likeness (QED) is 0.537. The Morgan fingerprint density at radius 2 is 2.04 bits per heavy atom. The Morgan fingerprint density at radius 1 is 1.26 bits per heavy atom. The van der Waals surface area contributed by atoms with Crippen LogP contribution in [0, 0.1) is 0 Å². The molecule has 0 aromatic carbocycles. The molecule has 1 N–H and O–H groups in total. The van der Waals surface area contributed by atoms with E-state index in [-0.39, 0.29) is 12.3 Å². The molecule has 6 heteroatoms. The third kappa shape index (κ3) is 5.81. The highest BCUT2D eigenvalue weighted by Crippen LogP contribution is 2.23. The van der Waals surface area contributed by atoms with Crippen LogP contribution >= 0.6 is 0 Å². The Hall–Kier alpha value is -3.41. The van der Waals surface area contributed by atoms with Crippen molar-refractivity contribution in [3.05, 3.63) is 84.6 Å². The largest absolute Gasteiger partial charge is 0.480 e. The van der Waals surface area contributed by atoms with Crippen LogP contribution in [0.25, 0.3) is 5.57 Å². The summed E-state index contributed by atoms with van der Waals surface area (Å²) in [5, 5.41) is 9.15. The van der Waals surface area contributed by atoms with Gasteiger partial charge in [0, 0.05) is 6.20 Å². The maximum Gasteiger partial charge on any atom is 0.323 e. The smallest absolute Gasteiger partial charge is 0.323 e. The van der Waals surface area contributed by atoms with Gasteiger partial charge in [0.1, 0.15) is 12.3 Å². The molecule has 140 valence electrons. The Balaban J connectivity index is 2.24. The molecule has 0 fully saturated rings. The number of carboxylic acids is 1. The molecular formula is C21H22N2O4. The summed E-state index contributed by atoms with van der Waals surface area (Å²) in [6, 6.07) is 8.52. The first-order valence-electron chi connectivity index (χ1n) is 8.49. The molecule has 0 aliphatic carbocycles. The number of carboxylic acid groups (broad SMARTS) is 1. The summed E-state index contributed by atoms with van der Waals surface area (Å²) >= 11 is 0. The third-order valence-corrected chi connectivity index (χ3v) is 3.72. The van der Waals surface area contributed by atoms with E-state index in [1.807, 2.05) is 25.2 Å². The van der Waals surface area contributed by atoms with Crippen LogP contribution in [0.4, 0.5) is 0 Å². The molecule has 0 bridgehead atoms. The predicted molar refractivity (Wildman–Crippen MR) is 103 cm³/mol. The van der Waals surface area contributed by atoms with Crippen molar-refractivity contribution in [2.24, 2.45) is 0 Å². The van der Waals surface area contributed by atoms with E-state index in [9.17, 15) is 9.59 Å². The number of carbonyl (C=O) groups excluding carboxylic acids is 1. The fraction of sp³-hybridized carbons (Fsp3) is 0.190. The molecule has 0 radical (unpaired) electrons. The summed E-state index contributed by atoms with van der Waals surface area (Å²) in [5.74, 6) is -0.980. The van der Waals surface area contributed by atoms with Crippen LogP contribution in [-0.4, -0.2) is 33.4 Å². The number of hydrogen-bond acceptors (Lipinski definition) is 4. The summed E-state index contributed by atoms with van der Waals surface area (Å²) in [7, 11) is 0. The van der Waals surface area contributed by atoms with Crippen LogP contribution in [0.3, 0.4) is 0 Å². The Morgan fingerprint density at radius 3 is 2.67 bits per heavy atom. The highest BCUT2D eigenvalue weighted by molar-refractivity contribution is 5.93. The average Bonchev–Trinajstić information content (AvgIpc) is 3.14. The Labute approximate surface area is 158 Å². The number of pyridine rings is 1. The van der Waals surface area contributed by atoms with Crippen molar-refractivity contribution >= 4 is 17.4 Å². The van der Waals surface area contributed by atoms with Gasteiger partial charge in [0.05, 0.1) is 12.2 Å². The van der Waals surface area contributed by atoms with Gasteiger partial charge in [-0.3, -0.25) is 14.6 Å². The van der Waals surface area contributed by atoms with Gasteiger partial charge < -0.3 is 14.4 Å². The van der Waals surface area contributed by atoms with E-state index in [2.05, 4.69) is 11.6 Å². The monoisotopic (exact) mass is 366 g/mol. The number of nitrogens with zero attached hydrogens (tertiary/aromatic N) is 2. The molecule has 27 heavy (non-hydrogen) atoms. The number of furan rings is 1. The van der Waals surface area contributed by atoms with E-state index < -0.39 is 18.4 Å². The standard InChI is InChI=1S/C21H22N2O4/c1-3-5-9-16(8-4-2)18-11-12-19(27-18)21(26)23(15-20(24)25)14-17-10-6-7-13-22-17/h3-8,10-13H,2,9,14-15H2,1H3,(H,24,25)/b5-3-,16-8+. The first kappa shape index (κ1) is 19.9. The van der Waals surface area contributed by atoms with E-state index in [1.165, 1.54) is 4.90 Å². The first-order chi connectivity index (χ1) is 13.0. The van der Waals surface area contributed by atoms with Crippen molar-refractivity contribution in [1.82, 2.24) is 9.88 Å². The van der Waals surface area contributed by atoms with Gasteiger partial charge in [-0.1, -0.05) is 36.9 Å². The molecule has 0 saturated carbocycles. The third-order valence-electron chi connectivity index (χ3n) is 3.72. The van der Waals surface area contributed by atoms with Gasteiger partial charge in [-0.05, 0) is 43.2 Å². The summed E-state index contributed by atoms with van der Waals surface area (Å²) in [5.41, 5.74) is 1.47. The van der Waals surface area contributed by atoms with E-state index in [4.69, 9.17) is 9.52 Å². The number of aromatic nitrogens is 1. The van der Waals surface area contributed by atoms with Crippen molar-refractivity contribution in [1.29, 1.82) is 0 Å². The summed E-state index contributed by atoms with van der Waals surface area (Å²) < 4.78 is 5.70. The minimum Gasteiger partial charge on any atom is -0.480 e. The minimum atomic E-state index is -1.11. The van der Waals surface area contributed by atoms with Gasteiger partial charge in [-0.15, -0.1) is 0 Å². The number of hydrogen-bond donors (Lipinski definition) is 1. The van der Waals surface area contributed by atoms with Gasteiger partial charge in [-0.2, -0.15) is 0 Å². The van der Waals surface area contributed by atoms with Crippen molar-refractivity contribution in [2.75, 3.05) is 6.54 Å². The molecule has 0 atom stereocenters. The number of carbonyl (C=O) groups is 2. The first-order valence-corrected chi connectivity index (χ1v) is 8.49. The number of rotatable bonds is 9. The van der Waals surface area contributed by atoms with Crippen LogP contribution in [0.2, 0.25) is 0 Å². The van der Waals surface area contributed by atoms with Gasteiger partial charge >= 0.3 is 5.97 Å². The van der Waals surface area contributed by atoms with Crippen LogP contribution in [0.5, 0.6) is 0 Å². The molecule has 6 nitrogen and oxygen atoms in total. The summed E-state index contributed by atoms with van der Waals surface area (Å²) in [4.78, 5) is 29.3. The molecule has 0 saturated heterocycles. The number of amides is 1. The lowest BCUT2D eigenvalue weighted by atomic mass is 10.1. The Kier molecular flexibility index (Phi) is 7.31. The van der Waals surface area contributed by atoms with Crippen LogP contribution in [0.15, 0.2) is 71.8 Å². The zero-order chi connectivity index (χ0) is 19.6. The zero-order valence-electron chi connectivity index (χ0n) is 15.2. The molecule has 0 spiro atoms. The van der Waals surface area contributed by atoms with Gasteiger partial charge in [0.15, 0.2) is 5.76 Å². The predicted octanol–water partition coefficient (Wildman–Crippen LogP) is 3.94. The lowest BCUT2D eigenvalue weighted by molar-refractivity contribution is -0.137. The number of allylic oxidation sites excluding steroid dienone is 5. The highest BCUT2D eigenvalue weighted by atomic mass is 16.4. The average molecular weight is 366 g/mol. The lowest BCUT2D eigenvalue weighted by Crippen LogP contribution is -2.35. The molecule has 1 amide bonds.